The maximum absolute atomic E-state index is 12.2. The molecule has 2 heterocycles. The van der Waals surface area contributed by atoms with Gasteiger partial charge in [-0.15, -0.1) is 0 Å². The fourth-order valence-electron chi connectivity index (χ4n) is 2.85. The van der Waals surface area contributed by atoms with Crippen molar-refractivity contribution in [3.05, 3.63) is 29.3 Å². The number of rotatable bonds is 3. The molecule has 0 aromatic heterocycles. The van der Waals surface area contributed by atoms with Gasteiger partial charge in [0.1, 0.15) is 0 Å². The van der Waals surface area contributed by atoms with E-state index in [1.165, 1.54) is 11.8 Å². The van der Waals surface area contributed by atoms with Crippen LogP contribution in [0.25, 0.3) is 0 Å². The predicted molar refractivity (Wildman–Crippen MR) is 99.6 cm³/mol. The van der Waals surface area contributed by atoms with Crippen molar-refractivity contribution in [2.45, 2.75) is 31.6 Å². The second-order valence-corrected chi connectivity index (χ2v) is 9.99. The quantitative estimate of drug-likeness (QED) is 0.798. The molecule has 2 aliphatic rings. The molecule has 24 heavy (non-hydrogen) atoms. The van der Waals surface area contributed by atoms with Gasteiger partial charge in [0.25, 0.3) is 5.91 Å². The second kappa shape index (κ2) is 6.69. The van der Waals surface area contributed by atoms with E-state index in [1.54, 1.807) is 12.1 Å². The standard InChI is InChI=1S/C16H19ClN2O3S2/c1-3-10(2)15(20)18-16-19(12-6-4-11(17)5-7-12)13-8-24(21,22)9-14(13)23-16/h4-7,10,13-14H,3,8-9H2,1-2H3. The summed E-state index contributed by atoms with van der Waals surface area (Å²) in [6.45, 7) is 3.80. The monoisotopic (exact) mass is 386 g/mol. The summed E-state index contributed by atoms with van der Waals surface area (Å²) >= 11 is 7.34. The predicted octanol–water partition coefficient (Wildman–Crippen LogP) is 2.99. The third kappa shape index (κ3) is 3.48. The van der Waals surface area contributed by atoms with E-state index in [2.05, 4.69) is 4.99 Å². The molecule has 0 N–H and O–H groups in total. The fraction of sp³-hybridized carbons (Fsp3) is 0.500. The van der Waals surface area contributed by atoms with Crippen molar-refractivity contribution in [1.29, 1.82) is 0 Å². The molecule has 0 saturated carbocycles. The fourth-order valence-corrected chi connectivity index (χ4v) is 6.89. The molecule has 1 amide bonds. The zero-order chi connectivity index (χ0) is 17.5. The lowest BCUT2D eigenvalue weighted by Gasteiger charge is -2.24. The topological polar surface area (TPSA) is 66.8 Å². The third-order valence-electron chi connectivity index (χ3n) is 4.41. The molecule has 2 saturated heterocycles. The second-order valence-electron chi connectivity index (χ2n) is 6.19. The molecule has 5 nitrogen and oxygen atoms in total. The van der Waals surface area contributed by atoms with Crippen molar-refractivity contribution in [2.75, 3.05) is 16.4 Å². The Labute approximate surface area is 151 Å². The van der Waals surface area contributed by atoms with Crippen LogP contribution < -0.4 is 4.90 Å². The maximum Gasteiger partial charge on any atom is 0.250 e. The summed E-state index contributed by atoms with van der Waals surface area (Å²) in [5.41, 5.74) is 0.812. The number of amidine groups is 1. The molecule has 0 aliphatic carbocycles. The summed E-state index contributed by atoms with van der Waals surface area (Å²) in [5.74, 6) is -0.0941. The molecule has 8 heteroatoms. The van der Waals surface area contributed by atoms with Crippen molar-refractivity contribution < 1.29 is 13.2 Å². The van der Waals surface area contributed by atoms with Gasteiger partial charge in [0.05, 0.1) is 17.5 Å². The van der Waals surface area contributed by atoms with Gasteiger partial charge in [-0.2, -0.15) is 4.99 Å². The Morgan fingerprint density at radius 2 is 2.04 bits per heavy atom. The van der Waals surface area contributed by atoms with Crippen LogP contribution in [0.2, 0.25) is 5.02 Å². The highest BCUT2D eigenvalue weighted by atomic mass is 35.5. The number of carbonyl (C=O) groups excluding carboxylic acids is 1. The molecule has 3 atom stereocenters. The molecule has 130 valence electrons. The van der Waals surface area contributed by atoms with Crippen LogP contribution >= 0.6 is 23.4 Å². The summed E-state index contributed by atoms with van der Waals surface area (Å²) in [5, 5.41) is 1.11. The molecule has 1 aromatic rings. The zero-order valence-electron chi connectivity index (χ0n) is 13.5. The SMILES string of the molecule is CCC(C)C(=O)N=C1SC2CS(=O)(=O)CC2N1c1ccc(Cl)cc1. The number of hydrogen-bond donors (Lipinski definition) is 0. The van der Waals surface area contributed by atoms with Gasteiger partial charge < -0.3 is 4.90 Å². The van der Waals surface area contributed by atoms with Gasteiger partial charge in [0, 0.05) is 21.9 Å². The minimum Gasteiger partial charge on any atom is -0.316 e. The van der Waals surface area contributed by atoms with Crippen LogP contribution in [-0.4, -0.2) is 42.3 Å². The van der Waals surface area contributed by atoms with Gasteiger partial charge in [-0.25, -0.2) is 8.42 Å². The van der Waals surface area contributed by atoms with E-state index in [0.29, 0.717) is 10.2 Å². The molecule has 0 bridgehead atoms. The lowest BCUT2D eigenvalue weighted by molar-refractivity contribution is -0.121. The Hall–Kier alpha value is -1.05. The highest BCUT2D eigenvalue weighted by molar-refractivity contribution is 8.16. The Bertz CT molecular complexity index is 777. The van der Waals surface area contributed by atoms with E-state index >= 15 is 0 Å². The van der Waals surface area contributed by atoms with Crippen LogP contribution in [0, 0.1) is 5.92 Å². The molecule has 0 spiro atoms. The molecular weight excluding hydrogens is 368 g/mol. The van der Waals surface area contributed by atoms with Gasteiger partial charge in [0.2, 0.25) is 0 Å². The zero-order valence-corrected chi connectivity index (χ0v) is 15.9. The van der Waals surface area contributed by atoms with Crippen LogP contribution in [0.3, 0.4) is 0 Å². The molecule has 1 aromatic carbocycles. The number of amides is 1. The highest BCUT2D eigenvalue weighted by Gasteiger charge is 2.49. The lowest BCUT2D eigenvalue weighted by Crippen LogP contribution is -2.37. The van der Waals surface area contributed by atoms with Gasteiger partial charge >= 0.3 is 0 Å². The van der Waals surface area contributed by atoms with Crippen molar-refractivity contribution in [2.24, 2.45) is 10.9 Å². The number of anilines is 1. The summed E-state index contributed by atoms with van der Waals surface area (Å²) < 4.78 is 24.0. The lowest BCUT2D eigenvalue weighted by atomic mass is 10.1. The maximum atomic E-state index is 12.2. The first kappa shape index (κ1) is 17.8. The number of fused-ring (bicyclic) bond motifs is 1. The average molecular weight is 387 g/mol. The van der Waals surface area contributed by atoms with Crippen molar-refractivity contribution in [3.63, 3.8) is 0 Å². The summed E-state index contributed by atoms with van der Waals surface area (Å²) in [4.78, 5) is 18.4. The molecule has 3 unspecified atom stereocenters. The Morgan fingerprint density at radius 1 is 1.38 bits per heavy atom. The number of hydrogen-bond acceptors (Lipinski definition) is 4. The van der Waals surface area contributed by atoms with Crippen LogP contribution in [0.4, 0.5) is 5.69 Å². The highest BCUT2D eigenvalue weighted by Crippen LogP contribution is 2.41. The van der Waals surface area contributed by atoms with Crippen molar-refractivity contribution in [1.82, 2.24) is 0 Å². The molecule has 3 rings (SSSR count). The number of halogens is 1. The summed E-state index contributed by atoms with van der Waals surface area (Å²) in [7, 11) is -3.06. The number of aliphatic imine (C=N–C) groups is 1. The molecule has 2 aliphatic heterocycles. The van der Waals surface area contributed by atoms with Crippen molar-refractivity contribution >= 4 is 50.0 Å². The largest absolute Gasteiger partial charge is 0.316 e. The number of carbonyl (C=O) groups is 1. The molecular formula is C16H19ClN2O3S2. The Kier molecular flexibility index (Phi) is 4.95. The Morgan fingerprint density at radius 3 is 2.67 bits per heavy atom. The van der Waals surface area contributed by atoms with Gasteiger partial charge in [0.15, 0.2) is 15.0 Å². The summed E-state index contributed by atoms with van der Waals surface area (Å²) in [6, 6.07) is 6.99. The van der Waals surface area contributed by atoms with E-state index in [1.807, 2.05) is 30.9 Å². The van der Waals surface area contributed by atoms with Crippen LogP contribution in [0.1, 0.15) is 20.3 Å². The van der Waals surface area contributed by atoms with E-state index in [9.17, 15) is 13.2 Å². The van der Waals surface area contributed by atoms with Gasteiger partial charge in [-0.1, -0.05) is 37.2 Å². The van der Waals surface area contributed by atoms with Gasteiger partial charge in [-0.05, 0) is 30.7 Å². The van der Waals surface area contributed by atoms with Crippen LogP contribution in [0.15, 0.2) is 29.3 Å². The van der Waals surface area contributed by atoms with E-state index in [-0.39, 0.29) is 34.6 Å². The van der Waals surface area contributed by atoms with Gasteiger partial charge in [-0.3, -0.25) is 4.79 Å². The average Bonchev–Trinajstić information content (AvgIpc) is 2.98. The van der Waals surface area contributed by atoms with E-state index in [4.69, 9.17) is 11.6 Å². The number of thioether (sulfide) groups is 1. The van der Waals surface area contributed by atoms with E-state index in [0.717, 1.165) is 12.1 Å². The number of nitrogens with zero attached hydrogens (tertiary/aromatic N) is 2. The van der Waals surface area contributed by atoms with Crippen molar-refractivity contribution in [3.8, 4) is 0 Å². The first-order valence-electron chi connectivity index (χ1n) is 7.85. The van der Waals surface area contributed by atoms with Crippen LogP contribution in [-0.2, 0) is 14.6 Å². The smallest absolute Gasteiger partial charge is 0.250 e. The van der Waals surface area contributed by atoms with E-state index < -0.39 is 9.84 Å². The normalized spacial score (nSPS) is 28.1. The first-order valence-corrected chi connectivity index (χ1v) is 10.9. The third-order valence-corrected chi connectivity index (χ3v) is 7.87. The van der Waals surface area contributed by atoms with Crippen LogP contribution in [0.5, 0.6) is 0 Å². The number of benzene rings is 1. The minimum absolute atomic E-state index is 0.0871. The Balaban J connectivity index is 1.98. The number of sulfone groups is 1. The first-order chi connectivity index (χ1) is 11.3. The summed E-state index contributed by atoms with van der Waals surface area (Å²) in [6.07, 6.45) is 0.725. The minimum atomic E-state index is -3.06. The molecule has 0 radical (unpaired) electrons. The molecule has 2 fully saturated rings.